The average Bonchev–Trinajstić information content (AvgIpc) is 2.90. The molecule has 0 spiro atoms. The van der Waals surface area contributed by atoms with Crippen LogP contribution >= 0.6 is 23.4 Å². The first-order valence-corrected chi connectivity index (χ1v) is 7.99. The Morgan fingerprint density at radius 1 is 1.48 bits per heavy atom. The number of halogens is 1. The first-order valence-electron chi connectivity index (χ1n) is 6.57. The largest absolute Gasteiger partial charge is 0.447 e. The van der Waals surface area contributed by atoms with Gasteiger partial charge in [0.1, 0.15) is 6.61 Å². The molecular formula is C15H16ClNO3S. The van der Waals surface area contributed by atoms with E-state index in [0.29, 0.717) is 11.6 Å². The molecule has 6 heteroatoms. The fraction of sp³-hybridized carbons (Fsp3) is 0.333. The van der Waals surface area contributed by atoms with E-state index in [0.717, 1.165) is 16.2 Å². The highest BCUT2D eigenvalue weighted by Gasteiger charge is 2.30. The van der Waals surface area contributed by atoms with E-state index in [1.165, 1.54) is 0 Å². The van der Waals surface area contributed by atoms with Crippen LogP contribution in [0.4, 0.5) is 4.79 Å². The third-order valence-corrected chi connectivity index (χ3v) is 4.60. The fourth-order valence-electron chi connectivity index (χ4n) is 2.02. The van der Waals surface area contributed by atoms with Crippen molar-refractivity contribution in [3.05, 3.63) is 47.5 Å². The second kappa shape index (κ2) is 7.52. The lowest BCUT2D eigenvalue weighted by Crippen LogP contribution is -2.32. The molecule has 1 aromatic rings. The summed E-state index contributed by atoms with van der Waals surface area (Å²) in [5, 5.41) is 0.613. The van der Waals surface area contributed by atoms with Crippen molar-refractivity contribution < 1.29 is 14.3 Å². The van der Waals surface area contributed by atoms with E-state index in [9.17, 15) is 9.59 Å². The molecule has 21 heavy (non-hydrogen) atoms. The zero-order chi connectivity index (χ0) is 15.2. The van der Waals surface area contributed by atoms with Crippen molar-refractivity contribution in [1.29, 1.82) is 0 Å². The molecule has 1 aliphatic heterocycles. The number of hydrogen-bond donors (Lipinski definition) is 0. The van der Waals surface area contributed by atoms with Crippen molar-refractivity contribution in [2.24, 2.45) is 0 Å². The molecule has 1 atom stereocenters. The second-order valence-electron chi connectivity index (χ2n) is 4.53. The molecular weight excluding hydrogens is 310 g/mol. The summed E-state index contributed by atoms with van der Waals surface area (Å²) in [4.78, 5) is 24.8. The summed E-state index contributed by atoms with van der Waals surface area (Å²) in [6.45, 7) is 4.30. The second-order valence-corrected chi connectivity index (χ2v) is 6.20. The van der Waals surface area contributed by atoms with Crippen molar-refractivity contribution in [2.75, 3.05) is 18.9 Å². The Balaban J connectivity index is 2.08. The topological polar surface area (TPSA) is 46.6 Å². The molecule has 0 radical (unpaired) electrons. The lowest BCUT2D eigenvalue weighted by atomic mass is 10.1. The number of ether oxygens (including phenoxy) is 1. The van der Waals surface area contributed by atoms with Gasteiger partial charge in [-0.05, 0) is 17.7 Å². The minimum Gasteiger partial charge on any atom is -0.447 e. The van der Waals surface area contributed by atoms with E-state index >= 15 is 0 Å². The molecule has 1 saturated heterocycles. The molecule has 2 rings (SSSR count). The minimum absolute atomic E-state index is 0.0406. The molecule has 0 bridgehead atoms. The molecule has 2 amide bonds. The van der Waals surface area contributed by atoms with Gasteiger partial charge in [-0.15, -0.1) is 18.3 Å². The quantitative estimate of drug-likeness (QED) is 0.749. The molecule has 0 aliphatic carbocycles. The molecule has 0 unspecified atom stereocenters. The molecule has 112 valence electrons. The van der Waals surface area contributed by atoms with Crippen LogP contribution in [0.15, 0.2) is 36.9 Å². The maximum Gasteiger partial charge on any atom is 0.416 e. The predicted molar refractivity (Wildman–Crippen MR) is 84.5 cm³/mol. The molecule has 1 aromatic carbocycles. The minimum atomic E-state index is -0.552. The highest BCUT2D eigenvalue weighted by Crippen LogP contribution is 2.33. The van der Waals surface area contributed by atoms with E-state index in [-0.39, 0.29) is 24.2 Å². The smallest absolute Gasteiger partial charge is 0.416 e. The number of amides is 2. The Morgan fingerprint density at radius 3 is 2.76 bits per heavy atom. The van der Waals surface area contributed by atoms with Crippen molar-refractivity contribution in [2.45, 2.75) is 11.7 Å². The lowest BCUT2D eigenvalue weighted by molar-refractivity contribution is -0.127. The van der Waals surface area contributed by atoms with E-state index in [2.05, 4.69) is 6.58 Å². The van der Waals surface area contributed by atoms with Crippen LogP contribution in [-0.2, 0) is 9.53 Å². The third kappa shape index (κ3) is 4.25. The number of carbonyl (C=O) groups is 2. The summed E-state index contributed by atoms with van der Waals surface area (Å²) in [6.07, 6.45) is 1.49. The number of imide groups is 1. The average molecular weight is 326 g/mol. The van der Waals surface area contributed by atoms with Crippen LogP contribution in [-0.4, -0.2) is 35.8 Å². The Kier molecular flexibility index (Phi) is 5.70. The van der Waals surface area contributed by atoms with E-state index < -0.39 is 6.09 Å². The van der Waals surface area contributed by atoms with Gasteiger partial charge in [0, 0.05) is 22.4 Å². The van der Waals surface area contributed by atoms with Crippen LogP contribution in [0, 0.1) is 0 Å². The SMILES string of the molecule is C=CCS[C@H](CC(=O)N1CCOC1=O)c1ccc(Cl)cc1. The van der Waals surface area contributed by atoms with Crippen molar-refractivity contribution in [3.63, 3.8) is 0 Å². The Labute approximate surface area is 133 Å². The van der Waals surface area contributed by atoms with Crippen molar-refractivity contribution >= 4 is 35.4 Å². The first-order chi connectivity index (χ1) is 10.1. The van der Waals surface area contributed by atoms with E-state index in [1.807, 2.05) is 12.1 Å². The number of thioether (sulfide) groups is 1. The number of hydrogen-bond acceptors (Lipinski definition) is 4. The molecule has 1 fully saturated rings. The molecule has 4 nitrogen and oxygen atoms in total. The van der Waals surface area contributed by atoms with Gasteiger partial charge in [-0.3, -0.25) is 4.79 Å². The van der Waals surface area contributed by atoms with Crippen molar-refractivity contribution in [1.82, 2.24) is 4.90 Å². The van der Waals surface area contributed by atoms with Gasteiger partial charge in [-0.2, -0.15) is 0 Å². The van der Waals surface area contributed by atoms with Gasteiger partial charge in [-0.25, -0.2) is 9.69 Å². The number of cyclic esters (lactones) is 1. The summed E-state index contributed by atoms with van der Waals surface area (Å²) in [6, 6.07) is 7.40. The molecule has 1 aliphatic rings. The van der Waals surface area contributed by atoms with Gasteiger partial charge < -0.3 is 4.74 Å². The van der Waals surface area contributed by atoms with Crippen LogP contribution in [0.3, 0.4) is 0 Å². The first kappa shape index (κ1) is 15.9. The fourth-order valence-corrected chi connectivity index (χ4v) is 3.13. The zero-order valence-electron chi connectivity index (χ0n) is 11.5. The van der Waals surface area contributed by atoms with Gasteiger partial charge in [0.2, 0.25) is 5.91 Å². The monoisotopic (exact) mass is 325 g/mol. The standard InChI is InChI=1S/C15H16ClNO3S/c1-2-9-21-13(11-3-5-12(16)6-4-11)10-14(18)17-7-8-20-15(17)19/h2-6,13H,1,7-10H2/t13-/m1/s1. The van der Waals surface area contributed by atoms with Crippen LogP contribution in [0.1, 0.15) is 17.2 Å². The number of carbonyl (C=O) groups excluding carboxylic acids is 2. The van der Waals surface area contributed by atoms with E-state index in [1.54, 1.807) is 30.0 Å². The predicted octanol–water partition coefficient (Wildman–Crippen LogP) is 3.67. The Morgan fingerprint density at radius 2 is 2.19 bits per heavy atom. The summed E-state index contributed by atoms with van der Waals surface area (Å²) in [5.41, 5.74) is 1.01. The summed E-state index contributed by atoms with van der Waals surface area (Å²) in [7, 11) is 0. The third-order valence-electron chi connectivity index (χ3n) is 3.08. The van der Waals surface area contributed by atoms with E-state index in [4.69, 9.17) is 16.3 Å². The molecule has 1 heterocycles. The summed E-state index contributed by atoms with van der Waals surface area (Å²) >= 11 is 7.50. The number of rotatable bonds is 6. The highest BCUT2D eigenvalue weighted by molar-refractivity contribution is 7.99. The van der Waals surface area contributed by atoms with Gasteiger partial charge in [0.15, 0.2) is 0 Å². The summed E-state index contributed by atoms with van der Waals surface area (Å²) < 4.78 is 4.80. The van der Waals surface area contributed by atoms with Gasteiger partial charge >= 0.3 is 6.09 Å². The van der Waals surface area contributed by atoms with Crippen LogP contribution in [0.25, 0.3) is 0 Å². The highest BCUT2D eigenvalue weighted by atomic mass is 35.5. The Hall–Kier alpha value is -1.46. The lowest BCUT2D eigenvalue weighted by Gasteiger charge is -2.18. The maximum atomic E-state index is 12.2. The number of benzene rings is 1. The van der Waals surface area contributed by atoms with Gasteiger partial charge in [-0.1, -0.05) is 29.8 Å². The molecule has 0 N–H and O–H groups in total. The van der Waals surface area contributed by atoms with Crippen LogP contribution < -0.4 is 0 Å². The van der Waals surface area contributed by atoms with Crippen molar-refractivity contribution in [3.8, 4) is 0 Å². The Bertz CT molecular complexity index is 532. The van der Waals surface area contributed by atoms with Gasteiger partial charge in [0.25, 0.3) is 0 Å². The number of nitrogens with zero attached hydrogens (tertiary/aromatic N) is 1. The van der Waals surface area contributed by atoms with Crippen LogP contribution in [0.5, 0.6) is 0 Å². The summed E-state index contributed by atoms with van der Waals surface area (Å²) in [5.74, 6) is 0.513. The van der Waals surface area contributed by atoms with Gasteiger partial charge in [0.05, 0.1) is 6.54 Å². The zero-order valence-corrected chi connectivity index (χ0v) is 13.0. The molecule has 0 aromatic heterocycles. The normalized spacial score (nSPS) is 15.7. The maximum absolute atomic E-state index is 12.2. The van der Waals surface area contributed by atoms with Crippen LogP contribution in [0.2, 0.25) is 5.02 Å². The molecule has 0 saturated carbocycles.